The van der Waals surface area contributed by atoms with Crippen molar-refractivity contribution in [2.45, 2.75) is 26.7 Å². The van der Waals surface area contributed by atoms with E-state index in [2.05, 4.69) is 10.3 Å². The standard InChI is InChI=1S/C19H19N3O3/c1-11-16(13(3)23)18(17(19(24)25)12(2)21-11)14-5-4-6-15(9-14)22-8-7-20-10-22/h4-10,18,21H,1-3H3,(H,24,25). The maximum absolute atomic E-state index is 12.3. The Morgan fingerprint density at radius 3 is 2.52 bits per heavy atom. The lowest BCUT2D eigenvalue weighted by Crippen LogP contribution is -2.30. The van der Waals surface area contributed by atoms with Crippen molar-refractivity contribution in [1.82, 2.24) is 14.9 Å². The minimum atomic E-state index is -1.03. The molecule has 1 atom stereocenters. The fourth-order valence-corrected chi connectivity index (χ4v) is 3.35. The van der Waals surface area contributed by atoms with Gasteiger partial charge in [-0.3, -0.25) is 4.79 Å². The average molecular weight is 337 g/mol. The number of rotatable bonds is 4. The van der Waals surface area contributed by atoms with Gasteiger partial charge in [0.05, 0.1) is 11.9 Å². The molecule has 0 saturated carbocycles. The number of aromatic nitrogens is 2. The second-order valence-corrected chi connectivity index (χ2v) is 6.06. The van der Waals surface area contributed by atoms with Crippen LogP contribution in [0.5, 0.6) is 0 Å². The van der Waals surface area contributed by atoms with Crippen molar-refractivity contribution >= 4 is 11.8 Å². The van der Waals surface area contributed by atoms with Crippen LogP contribution in [0.25, 0.3) is 5.69 Å². The lowest BCUT2D eigenvalue weighted by Gasteiger charge is -2.29. The van der Waals surface area contributed by atoms with Crippen LogP contribution in [0.4, 0.5) is 0 Å². The van der Waals surface area contributed by atoms with Gasteiger partial charge >= 0.3 is 5.97 Å². The molecule has 0 saturated heterocycles. The quantitative estimate of drug-likeness (QED) is 0.896. The number of carbonyl (C=O) groups is 2. The Hall–Kier alpha value is -3.15. The highest BCUT2D eigenvalue weighted by molar-refractivity contribution is 6.01. The molecule has 0 amide bonds. The fourth-order valence-electron chi connectivity index (χ4n) is 3.35. The average Bonchev–Trinajstić information content (AvgIpc) is 3.07. The number of aliphatic carboxylic acids is 1. The van der Waals surface area contributed by atoms with Crippen LogP contribution in [-0.2, 0) is 9.59 Å². The van der Waals surface area contributed by atoms with Crippen LogP contribution >= 0.6 is 0 Å². The highest BCUT2D eigenvalue weighted by Gasteiger charge is 2.35. The molecule has 0 fully saturated rings. The van der Waals surface area contributed by atoms with E-state index < -0.39 is 11.9 Å². The molecule has 1 aromatic carbocycles. The number of carboxylic acids is 1. The molecule has 6 nitrogen and oxygen atoms in total. The minimum Gasteiger partial charge on any atom is -0.478 e. The van der Waals surface area contributed by atoms with Gasteiger partial charge in [0, 0.05) is 41.0 Å². The zero-order valence-electron chi connectivity index (χ0n) is 14.3. The Labute approximate surface area is 145 Å². The summed E-state index contributed by atoms with van der Waals surface area (Å²) in [5.41, 5.74) is 3.52. The number of imidazole rings is 1. The lowest BCUT2D eigenvalue weighted by atomic mass is 9.79. The third-order valence-electron chi connectivity index (χ3n) is 4.38. The van der Waals surface area contributed by atoms with Gasteiger partial charge < -0.3 is 15.0 Å². The van der Waals surface area contributed by atoms with Crippen LogP contribution in [0.1, 0.15) is 32.3 Å². The van der Waals surface area contributed by atoms with Crippen LogP contribution in [0, 0.1) is 0 Å². The molecular formula is C19H19N3O3. The molecule has 0 aliphatic carbocycles. The van der Waals surface area contributed by atoms with Crippen molar-refractivity contribution < 1.29 is 14.7 Å². The van der Waals surface area contributed by atoms with Gasteiger partial charge in [0.15, 0.2) is 5.78 Å². The number of nitrogens with one attached hydrogen (secondary N) is 1. The first-order valence-electron chi connectivity index (χ1n) is 7.91. The summed E-state index contributed by atoms with van der Waals surface area (Å²) in [4.78, 5) is 28.2. The van der Waals surface area contributed by atoms with Crippen LogP contribution in [0.3, 0.4) is 0 Å². The molecule has 128 valence electrons. The largest absolute Gasteiger partial charge is 0.478 e. The van der Waals surface area contributed by atoms with Gasteiger partial charge in [-0.25, -0.2) is 9.78 Å². The molecule has 1 aromatic heterocycles. The third kappa shape index (κ3) is 2.98. The topological polar surface area (TPSA) is 84.2 Å². The van der Waals surface area contributed by atoms with Crippen LogP contribution in [0.2, 0.25) is 0 Å². The van der Waals surface area contributed by atoms with E-state index >= 15 is 0 Å². The van der Waals surface area contributed by atoms with Crippen molar-refractivity contribution in [3.05, 3.63) is 71.1 Å². The zero-order valence-corrected chi connectivity index (χ0v) is 14.3. The van der Waals surface area contributed by atoms with Gasteiger partial charge in [-0.1, -0.05) is 12.1 Å². The molecule has 25 heavy (non-hydrogen) atoms. The number of carboxylic acid groups (broad SMARTS) is 1. The van der Waals surface area contributed by atoms with Crippen molar-refractivity contribution in [2.24, 2.45) is 0 Å². The third-order valence-corrected chi connectivity index (χ3v) is 4.38. The number of allylic oxidation sites excluding steroid dienone is 3. The smallest absolute Gasteiger partial charge is 0.334 e. The van der Waals surface area contributed by atoms with Crippen LogP contribution in [0.15, 0.2) is 65.5 Å². The molecule has 0 bridgehead atoms. The van der Waals surface area contributed by atoms with Crippen molar-refractivity contribution in [3.63, 3.8) is 0 Å². The summed E-state index contributed by atoms with van der Waals surface area (Å²) >= 11 is 0. The number of dihydropyridines is 1. The number of hydrogen-bond donors (Lipinski definition) is 2. The van der Waals surface area contributed by atoms with E-state index in [1.165, 1.54) is 6.92 Å². The summed E-state index contributed by atoms with van der Waals surface area (Å²) in [6, 6.07) is 7.51. The first-order valence-corrected chi connectivity index (χ1v) is 7.91. The summed E-state index contributed by atoms with van der Waals surface area (Å²) in [6.45, 7) is 4.98. The van der Waals surface area contributed by atoms with Gasteiger partial charge in [0.1, 0.15) is 0 Å². The molecule has 6 heteroatoms. The molecule has 0 spiro atoms. The van der Waals surface area contributed by atoms with Crippen molar-refractivity contribution in [1.29, 1.82) is 0 Å². The molecule has 3 rings (SSSR count). The number of benzene rings is 1. The van der Waals surface area contributed by atoms with E-state index in [0.29, 0.717) is 17.0 Å². The highest BCUT2D eigenvalue weighted by Crippen LogP contribution is 2.38. The normalized spacial score (nSPS) is 17.5. The second kappa shape index (κ2) is 6.39. The van der Waals surface area contributed by atoms with E-state index in [9.17, 15) is 14.7 Å². The molecule has 2 heterocycles. The number of hydrogen-bond acceptors (Lipinski definition) is 4. The van der Waals surface area contributed by atoms with E-state index in [4.69, 9.17) is 0 Å². The summed E-state index contributed by atoms with van der Waals surface area (Å²) in [5.74, 6) is -1.79. The van der Waals surface area contributed by atoms with E-state index in [-0.39, 0.29) is 11.4 Å². The highest BCUT2D eigenvalue weighted by atomic mass is 16.4. The number of Topliss-reactive ketones (excluding diaryl/α,β-unsaturated/α-hetero) is 1. The summed E-state index contributed by atoms with van der Waals surface area (Å²) in [6.07, 6.45) is 5.16. The first kappa shape index (κ1) is 16.7. The van der Waals surface area contributed by atoms with E-state index in [0.717, 1.165) is 11.3 Å². The summed E-state index contributed by atoms with van der Waals surface area (Å²) in [7, 11) is 0. The van der Waals surface area contributed by atoms with E-state index in [1.807, 2.05) is 35.0 Å². The maximum Gasteiger partial charge on any atom is 0.334 e. The maximum atomic E-state index is 12.3. The predicted molar refractivity (Wildman–Crippen MR) is 93.2 cm³/mol. The molecule has 1 aliphatic rings. The number of nitrogens with zero attached hydrogens (tertiary/aromatic N) is 2. The fraction of sp³-hybridized carbons (Fsp3) is 0.211. The summed E-state index contributed by atoms with van der Waals surface area (Å²) in [5, 5.41) is 12.8. The van der Waals surface area contributed by atoms with Gasteiger partial charge in [0.25, 0.3) is 0 Å². The van der Waals surface area contributed by atoms with Crippen LogP contribution < -0.4 is 5.32 Å². The molecule has 2 N–H and O–H groups in total. The molecule has 1 aliphatic heterocycles. The first-order chi connectivity index (χ1) is 11.9. The molecule has 0 radical (unpaired) electrons. The Bertz CT molecular complexity index is 872. The Morgan fingerprint density at radius 2 is 1.92 bits per heavy atom. The van der Waals surface area contributed by atoms with Gasteiger partial charge in [-0.15, -0.1) is 0 Å². The number of ketones is 1. The Morgan fingerprint density at radius 1 is 1.20 bits per heavy atom. The van der Waals surface area contributed by atoms with Crippen molar-refractivity contribution in [3.8, 4) is 5.69 Å². The predicted octanol–water partition coefficient (Wildman–Crippen LogP) is 2.78. The molecular weight excluding hydrogens is 318 g/mol. The SMILES string of the molecule is CC(=O)C1=C(C)NC(C)=C(C(=O)O)C1c1cccc(-n2ccnc2)c1. The van der Waals surface area contributed by atoms with Gasteiger partial charge in [0.2, 0.25) is 0 Å². The van der Waals surface area contributed by atoms with E-state index in [1.54, 1.807) is 26.4 Å². The Kier molecular flexibility index (Phi) is 4.27. The molecule has 2 aromatic rings. The second-order valence-electron chi connectivity index (χ2n) is 6.06. The van der Waals surface area contributed by atoms with Gasteiger partial charge in [-0.2, -0.15) is 0 Å². The lowest BCUT2D eigenvalue weighted by molar-refractivity contribution is -0.133. The summed E-state index contributed by atoms with van der Waals surface area (Å²) < 4.78 is 1.84. The Balaban J connectivity index is 2.20. The van der Waals surface area contributed by atoms with Crippen molar-refractivity contribution in [2.75, 3.05) is 0 Å². The minimum absolute atomic E-state index is 0.144. The van der Waals surface area contributed by atoms with Crippen LogP contribution in [-0.4, -0.2) is 26.4 Å². The zero-order chi connectivity index (χ0) is 18.1. The monoisotopic (exact) mass is 337 g/mol. The number of carbonyl (C=O) groups excluding carboxylic acids is 1. The van der Waals surface area contributed by atoms with Gasteiger partial charge in [-0.05, 0) is 38.5 Å². The molecule has 1 unspecified atom stereocenters.